The van der Waals surface area contributed by atoms with Crippen LogP contribution in [0.3, 0.4) is 0 Å². The molecule has 0 bridgehead atoms. The van der Waals surface area contributed by atoms with Gasteiger partial charge in [-0.05, 0) is 24.5 Å². The molecule has 1 rings (SSSR count). The summed E-state index contributed by atoms with van der Waals surface area (Å²) in [6.45, 7) is 4.50. The molecule has 0 unspecified atom stereocenters. The van der Waals surface area contributed by atoms with E-state index in [1.54, 1.807) is 0 Å². The largest absolute Gasteiger partial charge is 0.356 e. The Morgan fingerprint density at radius 3 is 2.30 bits per heavy atom. The first-order valence-electron chi connectivity index (χ1n) is 6.40. The Morgan fingerprint density at radius 1 is 1.15 bits per heavy atom. The van der Waals surface area contributed by atoms with E-state index in [0.717, 1.165) is 18.6 Å². The lowest BCUT2D eigenvalue weighted by Crippen LogP contribution is -2.29. The van der Waals surface area contributed by atoms with Crippen LogP contribution in [0.1, 0.15) is 26.7 Å². The number of amides is 2. The lowest BCUT2D eigenvalue weighted by Gasteiger charge is -2.09. The summed E-state index contributed by atoms with van der Waals surface area (Å²) in [6.07, 6.45) is 0.334. The van der Waals surface area contributed by atoms with Crippen LogP contribution in [0.15, 0.2) is 18.2 Å². The van der Waals surface area contributed by atoms with E-state index in [1.165, 1.54) is 6.07 Å². The highest BCUT2D eigenvalue weighted by Gasteiger charge is 2.14. The van der Waals surface area contributed by atoms with E-state index in [1.807, 2.05) is 13.8 Å². The molecule has 0 aromatic heterocycles. The molecule has 0 atom stereocenters. The number of benzene rings is 1. The van der Waals surface area contributed by atoms with Gasteiger partial charge in [-0.25, -0.2) is 8.78 Å². The number of nitrogens with one attached hydrogen (secondary N) is 2. The summed E-state index contributed by atoms with van der Waals surface area (Å²) >= 11 is 0. The van der Waals surface area contributed by atoms with Gasteiger partial charge in [0.2, 0.25) is 11.8 Å². The molecule has 0 aliphatic heterocycles. The minimum Gasteiger partial charge on any atom is -0.356 e. The maximum Gasteiger partial charge on any atom is 0.233 e. The number of para-hydroxylation sites is 1. The summed E-state index contributed by atoms with van der Waals surface area (Å²) in [6, 6.07) is 3.25. The summed E-state index contributed by atoms with van der Waals surface area (Å²) in [5.41, 5.74) is -0.535. The van der Waals surface area contributed by atoms with Crippen LogP contribution < -0.4 is 10.6 Å². The van der Waals surface area contributed by atoms with E-state index in [4.69, 9.17) is 0 Å². The van der Waals surface area contributed by atoms with Gasteiger partial charge < -0.3 is 10.6 Å². The SMILES string of the molecule is CC(C)CCNC(=O)CC(=O)Nc1c(F)cccc1F. The predicted octanol–water partition coefficient (Wildman–Crippen LogP) is 2.46. The van der Waals surface area contributed by atoms with Gasteiger partial charge in [0.25, 0.3) is 0 Å². The highest BCUT2D eigenvalue weighted by atomic mass is 19.1. The molecule has 1 aromatic rings. The molecule has 0 aliphatic carbocycles. The third kappa shape index (κ3) is 5.34. The van der Waals surface area contributed by atoms with Crippen LogP contribution in [-0.4, -0.2) is 18.4 Å². The Kier molecular flexibility index (Phi) is 6.09. The molecule has 0 spiro atoms. The minimum absolute atomic E-state index is 0.441. The van der Waals surface area contributed by atoms with Crippen LogP contribution in [-0.2, 0) is 9.59 Å². The van der Waals surface area contributed by atoms with Gasteiger partial charge in [-0.1, -0.05) is 19.9 Å². The molecule has 0 saturated heterocycles. The van der Waals surface area contributed by atoms with Gasteiger partial charge in [0.1, 0.15) is 23.7 Å². The van der Waals surface area contributed by atoms with Gasteiger partial charge >= 0.3 is 0 Å². The molecule has 0 aliphatic rings. The Labute approximate surface area is 116 Å². The molecule has 0 heterocycles. The average Bonchev–Trinajstić information content (AvgIpc) is 2.33. The van der Waals surface area contributed by atoms with Crippen LogP contribution >= 0.6 is 0 Å². The van der Waals surface area contributed by atoms with Crippen molar-refractivity contribution in [3.8, 4) is 0 Å². The molecule has 1 aromatic carbocycles. The second-order valence-corrected chi connectivity index (χ2v) is 4.85. The van der Waals surface area contributed by atoms with Crippen LogP contribution in [0.25, 0.3) is 0 Å². The average molecular weight is 284 g/mol. The Morgan fingerprint density at radius 2 is 1.75 bits per heavy atom. The molecule has 4 nitrogen and oxygen atoms in total. The number of halogens is 2. The molecular formula is C14H18F2N2O2. The van der Waals surface area contributed by atoms with Gasteiger partial charge in [-0.2, -0.15) is 0 Å². The topological polar surface area (TPSA) is 58.2 Å². The first kappa shape index (κ1) is 16.1. The summed E-state index contributed by atoms with van der Waals surface area (Å²) in [5.74, 6) is -2.54. The number of hydrogen-bond acceptors (Lipinski definition) is 2. The molecule has 110 valence electrons. The lowest BCUT2D eigenvalue weighted by atomic mass is 10.1. The highest BCUT2D eigenvalue weighted by Crippen LogP contribution is 2.17. The van der Waals surface area contributed by atoms with Crippen LogP contribution in [0.2, 0.25) is 0 Å². The van der Waals surface area contributed by atoms with Crippen LogP contribution in [0.5, 0.6) is 0 Å². The standard InChI is InChI=1S/C14H18F2N2O2/c1-9(2)6-7-17-12(19)8-13(20)18-14-10(15)4-3-5-11(14)16/h3-5,9H,6-8H2,1-2H3,(H,17,19)(H,18,20). The van der Waals surface area contributed by atoms with Crippen molar-refractivity contribution in [1.29, 1.82) is 0 Å². The smallest absolute Gasteiger partial charge is 0.233 e. The monoisotopic (exact) mass is 284 g/mol. The molecule has 0 radical (unpaired) electrons. The fourth-order valence-corrected chi connectivity index (χ4v) is 1.51. The second-order valence-electron chi connectivity index (χ2n) is 4.85. The highest BCUT2D eigenvalue weighted by molar-refractivity contribution is 6.03. The maximum atomic E-state index is 13.3. The molecule has 0 saturated carbocycles. The van der Waals surface area contributed by atoms with Crippen LogP contribution in [0, 0.1) is 17.6 Å². The number of hydrogen-bond donors (Lipinski definition) is 2. The van der Waals surface area contributed by atoms with Gasteiger partial charge in [0, 0.05) is 6.54 Å². The number of carbonyl (C=O) groups is 2. The first-order valence-corrected chi connectivity index (χ1v) is 6.40. The maximum absolute atomic E-state index is 13.3. The van der Waals surface area contributed by atoms with Crippen molar-refractivity contribution in [2.45, 2.75) is 26.7 Å². The van der Waals surface area contributed by atoms with Crippen molar-refractivity contribution in [3.05, 3.63) is 29.8 Å². The van der Waals surface area contributed by atoms with Crippen molar-refractivity contribution >= 4 is 17.5 Å². The zero-order valence-electron chi connectivity index (χ0n) is 11.5. The van der Waals surface area contributed by atoms with E-state index in [2.05, 4.69) is 10.6 Å². The third-order valence-corrected chi connectivity index (χ3v) is 2.59. The van der Waals surface area contributed by atoms with Gasteiger partial charge in [-0.15, -0.1) is 0 Å². The molecule has 2 N–H and O–H groups in total. The third-order valence-electron chi connectivity index (χ3n) is 2.59. The van der Waals surface area contributed by atoms with Gasteiger partial charge in [-0.3, -0.25) is 9.59 Å². The normalized spacial score (nSPS) is 10.4. The molecule has 6 heteroatoms. The van der Waals surface area contributed by atoms with Crippen molar-refractivity contribution in [3.63, 3.8) is 0 Å². The fraction of sp³-hybridized carbons (Fsp3) is 0.429. The number of anilines is 1. The zero-order valence-corrected chi connectivity index (χ0v) is 11.5. The summed E-state index contributed by atoms with van der Waals surface area (Å²) in [5, 5.41) is 4.63. The zero-order chi connectivity index (χ0) is 15.1. The van der Waals surface area contributed by atoms with Crippen molar-refractivity contribution in [2.24, 2.45) is 5.92 Å². The van der Waals surface area contributed by atoms with Gasteiger partial charge in [0.15, 0.2) is 0 Å². The molecule has 0 fully saturated rings. The Bertz CT molecular complexity index is 470. The summed E-state index contributed by atoms with van der Waals surface area (Å²) in [7, 11) is 0. The summed E-state index contributed by atoms with van der Waals surface area (Å²) < 4.78 is 26.6. The second kappa shape index (κ2) is 7.57. The Balaban J connectivity index is 2.45. The van der Waals surface area contributed by atoms with Gasteiger partial charge in [0.05, 0.1) is 0 Å². The predicted molar refractivity (Wildman–Crippen MR) is 72.1 cm³/mol. The van der Waals surface area contributed by atoms with E-state index in [9.17, 15) is 18.4 Å². The van der Waals surface area contributed by atoms with E-state index in [-0.39, 0.29) is 0 Å². The van der Waals surface area contributed by atoms with Crippen molar-refractivity contribution in [2.75, 3.05) is 11.9 Å². The van der Waals surface area contributed by atoms with Crippen molar-refractivity contribution < 1.29 is 18.4 Å². The van der Waals surface area contributed by atoms with Crippen molar-refractivity contribution in [1.82, 2.24) is 5.32 Å². The minimum atomic E-state index is -0.876. The lowest BCUT2D eigenvalue weighted by molar-refractivity contribution is -0.126. The Hall–Kier alpha value is -1.98. The number of rotatable bonds is 6. The molecular weight excluding hydrogens is 266 g/mol. The molecule has 20 heavy (non-hydrogen) atoms. The van der Waals surface area contributed by atoms with E-state index in [0.29, 0.717) is 12.5 Å². The fourth-order valence-electron chi connectivity index (χ4n) is 1.51. The number of carbonyl (C=O) groups excluding carboxylic acids is 2. The first-order chi connectivity index (χ1) is 9.40. The van der Waals surface area contributed by atoms with E-state index < -0.39 is 35.6 Å². The quantitative estimate of drug-likeness (QED) is 0.788. The van der Waals surface area contributed by atoms with E-state index >= 15 is 0 Å². The van der Waals surface area contributed by atoms with Crippen LogP contribution in [0.4, 0.5) is 14.5 Å². The molecule has 2 amide bonds. The summed E-state index contributed by atoms with van der Waals surface area (Å²) in [4.78, 5) is 23.0.